The summed E-state index contributed by atoms with van der Waals surface area (Å²) in [5.74, 6) is -0.729. The van der Waals surface area contributed by atoms with Crippen molar-refractivity contribution in [1.82, 2.24) is 9.97 Å². The summed E-state index contributed by atoms with van der Waals surface area (Å²) in [5.41, 5.74) is 24.1. The van der Waals surface area contributed by atoms with E-state index >= 15 is 0 Å². The second kappa shape index (κ2) is 62.0. The molecular formula is C45H79FN12O16. The number of ether oxygens (including phenoxy) is 14. The van der Waals surface area contributed by atoms with Gasteiger partial charge in [-0.25, -0.2) is 4.98 Å². The van der Waals surface area contributed by atoms with Gasteiger partial charge in [-0.15, -0.1) is 0 Å². The molecule has 28 nitrogen and oxygen atoms in total. The van der Waals surface area contributed by atoms with Crippen molar-refractivity contribution in [3.8, 4) is 11.5 Å². The van der Waals surface area contributed by atoms with E-state index in [0.717, 1.165) is 39.1 Å². The van der Waals surface area contributed by atoms with Crippen molar-refractivity contribution < 1.29 is 75.6 Å². The van der Waals surface area contributed by atoms with Gasteiger partial charge in [0, 0.05) is 60.4 Å². The van der Waals surface area contributed by atoms with E-state index in [2.05, 4.69) is 60.8 Å². The van der Waals surface area contributed by atoms with Gasteiger partial charge in [-0.05, 0) is 70.0 Å². The summed E-state index contributed by atoms with van der Waals surface area (Å²) in [6, 6.07) is 6.15. The lowest BCUT2D eigenvalue weighted by atomic mass is 10.4. The SMILES string of the molecule is CCCOCCOCCOCCC.CCCOCCOCCOCCN=[N+]=[N-].[N-]=[N+]=NCCOCCOCCOCCOc1cccnc1[18F].[N-]=[N+]=NCCOCCOCCOCCOc1cccnc1[N+](=O)[O-]. The van der Waals surface area contributed by atoms with Crippen LogP contribution in [0.4, 0.5) is 10.2 Å². The average molecular weight is 1060 g/mol. The van der Waals surface area contributed by atoms with Crippen LogP contribution in [-0.4, -0.2) is 206 Å². The minimum absolute atomic E-state index is 0.111. The van der Waals surface area contributed by atoms with Crippen molar-refractivity contribution in [2.24, 2.45) is 15.3 Å². The van der Waals surface area contributed by atoms with Gasteiger partial charge in [-0.2, -0.15) is 4.39 Å². The Balaban J connectivity index is 0. The van der Waals surface area contributed by atoms with E-state index in [1.807, 2.05) is 0 Å². The molecule has 2 aromatic heterocycles. The minimum Gasteiger partial charge on any atom is -0.486 e. The smallest absolute Gasteiger partial charge is 0.406 e. The number of azide groups is 3. The second-order valence-electron chi connectivity index (χ2n) is 13.8. The van der Waals surface area contributed by atoms with E-state index in [9.17, 15) is 14.5 Å². The monoisotopic (exact) mass is 1060 g/mol. The van der Waals surface area contributed by atoms with Crippen LogP contribution in [0.5, 0.6) is 11.5 Å². The fourth-order valence-electron chi connectivity index (χ4n) is 4.58. The molecule has 2 aromatic rings. The largest absolute Gasteiger partial charge is 0.486 e. The molecule has 2 heterocycles. The molecule has 0 bridgehead atoms. The van der Waals surface area contributed by atoms with Crippen molar-refractivity contribution in [3.05, 3.63) is 84.0 Å². The number of nitrogens with zero attached hydrogens (tertiary/aromatic N) is 12. The van der Waals surface area contributed by atoms with Crippen molar-refractivity contribution in [1.29, 1.82) is 0 Å². The predicted octanol–water partition coefficient (Wildman–Crippen LogP) is 7.30. The van der Waals surface area contributed by atoms with Gasteiger partial charge in [0.05, 0.1) is 139 Å². The van der Waals surface area contributed by atoms with Gasteiger partial charge in [-0.1, -0.05) is 36.1 Å². The molecule has 0 aliphatic carbocycles. The lowest BCUT2D eigenvalue weighted by molar-refractivity contribution is -0.390. The van der Waals surface area contributed by atoms with Crippen molar-refractivity contribution in [2.75, 3.05) is 191 Å². The molecular weight excluding hydrogens is 983 g/mol. The number of halogens is 1. The maximum atomic E-state index is 13.1. The minimum atomic E-state index is -0.633. The molecule has 0 spiro atoms. The quantitative estimate of drug-likeness (QED) is 0.0119. The summed E-state index contributed by atoms with van der Waals surface area (Å²) in [6.07, 6.45) is 5.86. The highest BCUT2D eigenvalue weighted by Gasteiger charge is 2.15. The van der Waals surface area contributed by atoms with E-state index in [0.29, 0.717) is 152 Å². The van der Waals surface area contributed by atoms with E-state index in [4.69, 9.17) is 82.9 Å². The Labute approximate surface area is 433 Å². The number of hydrogen-bond acceptors (Lipinski definition) is 21. The van der Waals surface area contributed by atoms with Gasteiger partial charge in [0.1, 0.15) is 19.4 Å². The summed E-state index contributed by atoms with van der Waals surface area (Å²) in [5, 5.41) is 20.7. The molecule has 0 atom stereocenters. The van der Waals surface area contributed by atoms with Crippen LogP contribution in [0, 0.1) is 16.1 Å². The molecule has 0 N–H and O–H groups in total. The lowest BCUT2D eigenvalue weighted by Crippen LogP contribution is -2.13. The molecule has 0 saturated carbocycles. The summed E-state index contributed by atoms with van der Waals surface area (Å²) in [4.78, 5) is 25.1. The molecule has 422 valence electrons. The topological polar surface area (TPSA) is 344 Å². The maximum Gasteiger partial charge on any atom is 0.406 e. The second-order valence-corrected chi connectivity index (χ2v) is 13.8. The fraction of sp³-hybridized carbons (Fsp3) is 0.778. The molecule has 0 aliphatic rings. The van der Waals surface area contributed by atoms with Gasteiger partial charge in [0.25, 0.3) is 5.95 Å². The Morgan fingerprint density at radius 1 is 0.446 bits per heavy atom. The third-order valence-electron chi connectivity index (χ3n) is 7.84. The van der Waals surface area contributed by atoms with Crippen LogP contribution in [0.3, 0.4) is 0 Å². The third-order valence-corrected chi connectivity index (χ3v) is 7.84. The van der Waals surface area contributed by atoms with Gasteiger partial charge in [0.2, 0.25) is 5.75 Å². The van der Waals surface area contributed by atoms with E-state index in [1.54, 1.807) is 12.1 Å². The number of hydrogen-bond donors (Lipinski definition) is 0. The Bertz CT molecular complexity index is 1680. The van der Waals surface area contributed by atoms with Crippen LogP contribution < -0.4 is 9.47 Å². The molecule has 29 heteroatoms. The van der Waals surface area contributed by atoms with Gasteiger partial charge >= 0.3 is 5.82 Å². The van der Waals surface area contributed by atoms with Gasteiger partial charge < -0.3 is 76.4 Å². The van der Waals surface area contributed by atoms with Crippen molar-refractivity contribution >= 4 is 5.82 Å². The highest BCUT2D eigenvalue weighted by Crippen LogP contribution is 2.22. The Hall–Kier alpha value is -5.32. The van der Waals surface area contributed by atoms with Crippen molar-refractivity contribution in [3.63, 3.8) is 0 Å². The predicted molar refractivity (Wildman–Crippen MR) is 269 cm³/mol. The Morgan fingerprint density at radius 2 is 0.716 bits per heavy atom. The number of aromatic nitrogens is 2. The third kappa shape index (κ3) is 54.5. The molecule has 0 amide bonds. The Kier molecular flexibility index (Phi) is 59.3. The van der Waals surface area contributed by atoms with Crippen LogP contribution in [0.1, 0.15) is 40.0 Å². The first-order valence-corrected chi connectivity index (χ1v) is 24.3. The maximum absolute atomic E-state index is 13.1. The number of nitro groups is 1. The zero-order valence-corrected chi connectivity index (χ0v) is 43.4. The Morgan fingerprint density at radius 3 is 1.01 bits per heavy atom. The highest BCUT2D eigenvalue weighted by atomic mass is 18.2. The molecule has 0 aliphatic heterocycles. The van der Waals surface area contributed by atoms with Gasteiger partial charge in [-0.3, -0.25) is 0 Å². The first-order chi connectivity index (χ1) is 36.4. The van der Waals surface area contributed by atoms with E-state index in [-0.39, 0.29) is 37.1 Å². The van der Waals surface area contributed by atoms with Crippen LogP contribution >= 0.6 is 0 Å². The summed E-state index contributed by atoms with van der Waals surface area (Å²) >= 11 is 0. The summed E-state index contributed by atoms with van der Waals surface area (Å²) in [7, 11) is 0. The molecule has 0 radical (unpaired) electrons. The molecule has 0 saturated heterocycles. The van der Waals surface area contributed by atoms with Crippen LogP contribution in [0.25, 0.3) is 31.3 Å². The van der Waals surface area contributed by atoms with E-state index in [1.165, 1.54) is 24.5 Å². The summed E-state index contributed by atoms with van der Waals surface area (Å²) in [6.45, 7) is 20.3. The molecule has 0 unspecified atom stereocenters. The number of rotatable bonds is 48. The number of pyridine rings is 2. The molecule has 0 aromatic carbocycles. The van der Waals surface area contributed by atoms with Crippen LogP contribution in [0.15, 0.2) is 52.0 Å². The molecule has 2 rings (SSSR count). The van der Waals surface area contributed by atoms with Crippen LogP contribution in [-0.2, 0) is 56.8 Å². The zero-order chi connectivity index (χ0) is 54.3. The normalized spacial score (nSPS) is 10.2. The van der Waals surface area contributed by atoms with Gasteiger partial charge in [0.15, 0.2) is 5.75 Å². The van der Waals surface area contributed by atoms with E-state index < -0.39 is 10.9 Å². The highest BCUT2D eigenvalue weighted by molar-refractivity contribution is 5.38. The first kappa shape index (κ1) is 70.8. The average Bonchev–Trinajstić information content (AvgIpc) is 3.41. The zero-order valence-electron chi connectivity index (χ0n) is 43.4. The van der Waals surface area contributed by atoms with Crippen LogP contribution in [0.2, 0.25) is 0 Å². The fourth-order valence-corrected chi connectivity index (χ4v) is 4.58. The molecule has 0 fully saturated rings. The standard InChI is InChI=1S/C13H19FN4O4.C13H19N5O6.C10H22O3.C9H19N3O3/c14-13-12(2-1-3-16-13)22-11-10-21-9-8-20-7-6-19-5-4-17-18-15;14-17-16-4-5-21-6-7-22-8-9-23-10-11-24-12-2-1-3-15-13(12)18(19)20;1-3-5-11-7-9-13-10-8-12-6-4-2;1-2-4-13-6-8-15-9-7-14-5-3-11-12-10/h1-3H,4-11H2;1-3H,4-11H2;3-10H2,1-2H3;2-9H2,1H3/i14-1;;;. The summed E-state index contributed by atoms with van der Waals surface area (Å²) < 4.78 is 86.3. The van der Waals surface area contributed by atoms with Crippen molar-refractivity contribution in [2.45, 2.75) is 40.0 Å². The molecule has 74 heavy (non-hydrogen) atoms. The lowest BCUT2D eigenvalue weighted by Gasteiger charge is -2.08. The first-order valence-electron chi connectivity index (χ1n) is 24.3.